The number of esters is 1. The van der Waals surface area contributed by atoms with Gasteiger partial charge < -0.3 is 14.5 Å². The summed E-state index contributed by atoms with van der Waals surface area (Å²) >= 11 is 5.78. The second-order valence-corrected chi connectivity index (χ2v) is 4.70. The van der Waals surface area contributed by atoms with Gasteiger partial charge in [0.25, 0.3) is 5.91 Å². The Morgan fingerprint density at radius 1 is 1.27 bits per heavy atom. The number of rotatable bonds is 4. The highest BCUT2D eigenvalue weighted by atomic mass is 35.5. The molecule has 5 nitrogen and oxygen atoms in total. The second kappa shape index (κ2) is 6.27. The first-order chi connectivity index (χ1) is 10.2. The van der Waals surface area contributed by atoms with Crippen molar-refractivity contribution in [2.24, 2.45) is 0 Å². The van der Waals surface area contributed by atoms with E-state index in [2.05, 4.69) is 4.74 Å². The molecule has 118 valence electrons. The summed E-state index contributed by atoms with van der Waals surface area (Å²) in [5, 5.41) is 2.57. The number of nitrogens with one attached hydrogen (secondary N) is 1. The highest BCUT2D eigenvalue weighted by molar-refractivity contribution is 6.31. The van der Waals surface area contributed by atoms with E-state index in [1.54, 1.807) is 23.5 Å². The maximum atomic E-state index is 11.9. The minimum Gasteiger partial charge on any atom is -0.450 e. The van der Waals surface area contributed by atoms with Crippen LogP contribution in [0.5, 0.6) is 0 Å². The number of benzene rings is 1. The topological polar surface area (TPSA) is 68.5 Å². The molecule has 0 radical (unpaired) electrons. The lowest BCUT2D eigenvalue weighted by atomic mass is 10.2. The SMILES string of the molecule is O=C(COC(=O)c1cc2cc(Cl)ccc2o1)NCC(F)(F)F. The number of ether oxygens (including phenoxy) is 1. The van der Waals surface area contributed by atoms with Crippen molar-refractivity contribution >= 4 is 34.4 Å². The minimum absolute atomic E-state index is 0.180. The van der Waals surface area contributed by atoms with Crippen LogP contribution in [0.3, 0.4) is 0 Å². The molecule has 1 aromatic heterocycles. The molecule has 2 aromatic rings. The number of fused-ring (bicyclic) bond motifs is 1. The van der Waals surface area contributed by atoms with Crippen LogP contribution in [0, 0.1) is 0 Å². The van der Waals surface area contributed by atoms with Gasteiger partial charge in [-0.25, -0.2) is 4.79 Å². The van der Waals surface area contributed by atoms with Crippen molar-refractivity contribution in [2.75, 3.05) is 13.2 Å². The predicted molar refractivity (Wildman–Crippen MR) is 70.6 cm³/mol. The molecule has 0 aliphatic carbocycles. The van der Waals surface area contributed by atoms with Gasteiger partial charge in [0.15, 0.2) is 6.61 Å². The first-order valence-electron chi connectivity index (χ1n) is 5.94. The summed E-state index contributed by atoms with van der Waals surface area (Å²) in [7, 11) is 0. The first-order valence-corrected chi connectivity index (χ1v) is 6.32. The highest BCUT2D eigenvalue weighted by Gasteiger charge is 2.28. The third-order valence-corrected chi connectivity index (χ3v) is 2.73. The minimum atomic E-state index is -4.53. The Balaban J connectivity index is 1.92. The normalized spacial score (nSPS) is 11.5. The number of carbonyl (C=O) groups excluding carboxylic acids is 2. The maximum Gasteiger partial charge on any atom is 0.405 e. The van der Waals surface area contributed by atoms with E-state index in [9.17, 15) is 22.8 Å². The van der Waals surface area contributed by atoms with Crippen molar-refractivity contribution in [3.8, 4) is 0 Å². The molecule has 1 N–H and O–H groups in total. The first kappa shape index (κ1) is 16.2. The Kier molecular flexibility index (Phi) is 4.60. The van der Waals surface area contributed by atoms with Crippen LogP contribution < -0.4 is 5.32 Å². The summed E-state index contributed by atoms with van der Waals surface area (Å²) in [6.07, 6.45) is -4.53. The number of alkyl halides is 3. The van der Waals surface area contributed by atoms with E-state index >= 15 is 0 Å². The van der Waals surface area contributed by atoms with E-state index in [1.165, 1.54) is 6.07 Å². The fourth-order valence-electron chi connectivity index (χ4n) is 1.57. The molecule has 0 saturated carbocycles. The molecule has 0 spiro atoms. The van der Waals surface area contributed by atoms with Crippen LogP contribution in [0.2, 0.25) is 5.02 Å². The van der Waals surface area contributed by atoms with Gasteiger partial charge in [0.2, 0.25) is 5.76 Å². The molecule has 1 heterocycles. The van der Waals surface area contributed by atoms with Gasteiger partial charge in [0.05, 0.1) is 0 Å². The predicted octanol–water partition coefficient (Wildman–Crippen LogP) is 2.92. The summed E-state index contributed by atoms with van der Waals surface area (Å²) in [4.78, 5) is 22.8. The standard InChI is InChI=1S/C13H9ClF3NO4/c14-8-1-2-9-7(3-8)4-10(22-9)12(20)21-5-11(19)18-6-13(15,16)17/h1-4H,5-6H2,(H,18,19). The van der Waals surface area contributed by atoms with Crippen LogP contribution in [0.25, 0.3) is 11.0 Å². The van der Waals surface area contributed by atoms with Crippen molar-refractivity contribution in [1.82, 2.24) is 5.32 Å². The zero-order valence-electron chi connectivity index (χ0n) is 10.9. The largest absolute Gasteiger partial charge is 0.450 e. The number of amides is 1. The van der Waals surface area contributed by atoms with Crippen molar-refractivity contribution < 1.29 is 31.9 Å². The quantitative estimate of drug-likeness (QED) is 0.872. The molecule has 2 rings (SSSR count). The lowest BCUT2D eigenvalue weighted by Crippen LogP contribution is -2.36. The van der Waals surface area contributed by atoms with Gasteiger partial charge in [0, 0.05) is 10.4 Å². The van der Waals surface area contributed by atoms with Crippen molar-refractivity contribution in [3.05, 3.63) is 35.0 Å². The maximum absolute atomic E-state index is 11.9. The Bertz CT molecular complexity index is 711. The lowest BCUT2D eigenvalue weighted by molar-refractivity contribution is -0.140. The fourth-order valence-corrected chi connectivity index (χ4v) is 1.75. The smallest absolute Gasteiger partial charge is 0.405 e. The highest BCUT2D eigenvalue weighted by Crippen LogP contribution is 2.23. The summed E-state index contributed by atoms with van der Waals surface area (Å²) in [6.45, 7) is -2.33. The van der Waals surface area contributed by atoms with Crippen LogP contribution in [-0.2, 0) is 9.53 Å². The van der Waals surface area contributed by atoms with Gasteiger partial charge in [0.1, 0.15) is 12.1 Å². The summed E-state index contributed by atoms with van der Waals surface area (Å²) in [6, 6.07) is 6.03. The van der Waals surface area contributed by atoms with Crippen LogP contribution >= 0.6 is 11.6 Å². The molecular weight excluding hydrogens is 327 g/mol. The molecule has 0 aliphatic rings. The van der Waals surface area contributed by atoms with E-state index in [4.69, 9.17) is 16.0 Å². The Labute approximate surface area is 127 Å². The second-order valence-electron chi connectivity index (χ2n) is 4.26. The van der Waals surface area contributed by atoms with E-state index < -0.39 is 31.2 Å². The van der Waals surface area contributed by atoms with Gasteiger partial charge >= 0.3 is 12.1 Å². The zero-order valence-corrected chi connectivity index (χ0v) is 11.6. The van der Waals surface area contributed by atoms with Gasteiger partial charge in [-0.05, 0) is 24.3 Å². The van der Waals surface area contributed by atoms with Crippen LogP contribution in [0.1, 0.15) is 10.6 Å². The van der Waals surface area contributed by atoms with Gasteiger partial charge in [-0.1, -0.05) is 11.6 Å². The number of carbonyl (C=O) groups is 2. The number of furan rings is 1. The van der Waals surface area contributed by atoms with Gasteiger partial charge in [-0.3, -0.25) is 4.79 Å². The zero-order chi connectivity index (χ0) is 16.3. The summed E-state index contributed by atoms with van der Waals surface area (Å²) in [5.41, 5.74) is 0.387. The molecule has 1 amide bonds. The molecule has 0 fully saturated rings. The molecule has 22 heavy (non-hydrogen) atoms. The van der Waals surface area contributed by atoms with Crippen LogP contribution in [0.15, 0.2) is 28.7 Å². The molecule has 9 heteroatoms. The van der Waals surface area contributed by atoms with Crippen molar-refractivity contribution in [1.29, 1.82) is 0 Å². The number of halogens is 4. The van der Waals surface area contributed by atoms with Crippen LogP contribution in [0.4, 0.5) is 13.2 Å². The Hall–Kier alpha value is -2.22. The lowest BCUT2D eigenvalue weighted by Gasteiger charge is -2.08. The average molecular weight is 336 g/mol. The molecule has 0 atom stereocenters. The van der Waals surface area contributed by atoms with E-state index in [-0.39, 0.29) is 5.76 Å². The molecule has 0 bridgehead atoms. The van der Waals surface area contributed by atoms with E-state index in [1.807, 2.05) is 0 Å². The summed E-state index contributed by atoms with van der Waals surface area (Å²) < 4.78 is 45.4. The van der Waals surface area contributed by atoms with Crippen molar-refractivity contribution in [2.45, 2.75) is 6.18 Å². The molecular formula is C13H9ClF3NO4. The van der Waals surface area contributed by atoms with E-state index in [0.717, 1.165) is 0 Å². The molecule has 0 aliphatic heterocycles. The summed E-state index contributed by atoms with van der Waals surface area (Å²) in [5.74, 6) is -2.21. The third kappa shape index (κ3) is 4.39. The van der Waals surface area contributed by atoms with Crippen molar-refractivity contribution in [3.63, 3.8) is 0 Å². The third-order valence-electron chi connectivity index (χ3n) is 2.50. The number of hydrogen-bond acceptors (Lipinski definition) is 4. The average Bonchev–Trinajstić information content (AvgIpc) is 2.84. The van der Waals surface area contributed by atoms with Gasteiger partial charge in [-0.2, -0.15) is 13.2 Å². The van der Waals surface area contributed by atoms with Crippen LogP contribution in [-0.4, -0.2) is 31.2 Å². The monoisotopic (exact) mass is 335 g/mol. The molecule has 0 saturated heterocycles. The fraction of sp³-hybridized carbons (Fsp3) is 0.231. The van der Waals surface area contributed by atoms with Gasteiger partial charge in [-0.15, -0.1) is 0 Å². The Morgan fingerprint density at radius 3 is 2.68 bits per heavy atom. The molecule has 1 aromatic carbocycles. The Morgan fingerprint density at radius 2 is 2.00 bits per heavy atom. The molecule has 0 unspecified atom stereocenters. The number of hydrogen-bond donors (Lipinski definition) is 1. The van der Waals surface area contributed by atoms with E-state index in [0.29, 0.717) is 16.0 Å².